The fourth-order valence-corrected chi connectivity index (χ4v) is 3.53. The number of nitrogens with zero attached hydrogens (tertiary/aromatic N) is 3. The molecule has 0 saturated heterocycles. The van der Waals surface area contributed by atoms with E-state index >= 15 is 0 Å². The first-order valence-electron chi connectivity index (χ1n) is 9.77. The van der Waals surface area contributed by atoms with Crippen molar-refractivity contribution in [2.75, 3.05) is 31.4 Å². The second kappa shape index (κ2) is 8.40. The van der Waals surface area contributed by atoms with Crippen LogP contribution in [0.4, 0.5) is 18.9 Å². The van der Waals surface area contributed by atoms with Crippen molar-refractivity contribution < 1.29 is 22.7 Å². The molecule has 0 unspecified atom stereocenters. The molecule has 8 nitrogen and oxygen atoms in total. The number of aliphatic imine (C=N–C) groups is 1. The van der Waals surface area contributed by atoms with Crippen LogP contribution in [0.5, 0.6) is 0 Å². The highest BCUT2D eigenvalue weighted by molar-refractivity contribution is 6.25. The summed E-state index contributed by atoms with van der Waals surface area (Å²) >= 11 is 0. The summed E-state index contributed by atoms with van der Waals surface area (Å²) in [4.78, 5) is 31.2. The molecule has 32 heavy (non-hydrogen) atoms. The maximum Gasteiger partial charge on any atom is 0.293 e. The van der Waals surface area contributed by atoms with Crippen LogP contribution in [-0.4, -0.2) is 48.7 Å². The zero-order valence-electron chi connectivity index (χ0n) is 16.9. The van der Waals surface area contributed by atoms with Gasteiger partial charge in [0, 0.05) is 17.4 Å². The van der Waals surface area contributed by atoms with Crippen LogP contribution in [-0.2, 0) is 16.1 Å². The van der Waals surface area contributed by atoms with Crippen molar-refractivity contribution >= 4 is 17.4 Å². The molecular formula is C21H20F3N5O3. The first kappa shape index (κ1) is 21.5. The van der Waals surface area contributed by atoms with Crippen molar-refractivity contribution in [2.45, 2.75) is 12.5 Å². The Labute approximate surface area is 180 Å². The van der Waals surface area contributed by atoms with Gasteiger partial charge < -0.3 is 25.3 Å². The second-order valence-electron chi connectivity index (χ2n) is 7.28. The number of hydrogen-bond acceptors (Lipinski definition) is 6. The number of carbonyl (C=O) groups is 1. The molecule has 4 rings (SSSR count). The Morgan fingerprint density at radius 2 is 1.94 bits per heavy atom. The van der Waals surface area contributed by atoms with Gasteiger partial charge in [-0.15, -0.1) is 0 Å². The number of aromatic nitrogens is 1. The van der Waals surface area contributed by atoms with Crippen molar-refractivity contribution in [3.05, 3.63) is 64.4 Å². The van der Waals surface area contributed by atoms with E-state index in [4.69, 9.17) is 10.5 Å². The summed E-state index contributed by atoms with van der Waals surface area (Å²) in [5.41, 5.74) is 6.55. The molecule has 3 N–H and O–H groups in total. The van der Waals surface area contributed by atoms with Crippen LogP contribution < -0.4 is 21.5 Å². The van der Waals surface area contributed by atoms with Gasteiger partial charge in [-0.1, -0.05) is 12.1 Å². The van der Waals surface area contributed by atoms with E-state index in [1.807, 2.05) is 0 Å². The van der Waals surface area contributed by atoms with Gasteiger partial charge in [-0.2, -0.15) is 0 Å². The molecule has 11 heteroatoms. The Hall–Kier alpha value is -3.76. The summed E-state index contributed by atoms with van der Waals surface area (Å²) in [7, 11) is 0. The van der Waals surface area contributed by atoms with Gasteiger partial charge in [0.25, 0.3) is 17.4 Å². The highest BCUT2D eigenvalue weighted by atomic mass is 19.3. The number of anilines is 1. The molecule has 0 spiro atoms. The number of benzene rings is 1. The summed E-state index contributed by atoms with van der Waals surface area (Å²) in [6.07, 6.45) is 1.19. The molecule has 2 aromatic rings. The molecule has 0 bridgehead atoms. The predicted octanol–water partition coefficient (Wildman–Crippen LogP) is 1.61. The number of rotatable bonds is 5. The fraction of sp³-hybridized carbons (Fsp3) is 0.286. The zero-order chi connectivity index (χ0) is 22.9. The molecule has 168 valence electrons. The number of ether oxygens (including phenoxy) is 1. The van der Waals surface area contributed by atoms with E-state index in [9.17, 15) is 22.8 Å². The largest absolute Gasteiger partial charge is 0.477 e. The SMILES string of the molecule is NC1=NCNC2=C1C(=O)N(c1ccc(-c3cccn(CC(F)(F)CF)c3=O)cc1)CCO2. The van der Waals surface area contributed by atoms with Crippen LogP contribution in [0, 0.1) is 0 Å². The second-order valence-corrected chi connectivity index (χ2v) is 7.28. The van der Waals surface area contributed by atoms with E-state index in [1.54, 1.807) is 24.3 Å². The van der Waals surface area contributed by atoms with E-state index in [-0.39, 0.29) is 48.6 Å². The highest BCUT2D eigenvalue weighted by Crippen LogP contribution is 2.25. The number of alkyl halides is 3. The molecule has 2 aliphatic rings. The quantitative estimate of drug-likeness (QED) is 0.725. The summed E-state index contributed by atoms with van der Waals surface area (Å²) in [6.45, 7) is -2.19. The molecule has 0 saturated carbocycles. The Morgan fingerprint density at radius 3 is 2.66 bits per heavy atom. The number of nitrogens with one attached hydrogen (secondary N) is 1. The Kier molecular flexibility index (Phi) is 5.64. The maximum atomic E-state index is 13.4. The molecule has 1 aromatic heterocycles. The smallest absolute Gasteiger partial charge is 0.293 e. The zero-order valence-corrected chi connectivity index (χ0v) is 16.9. The molecule has 1 aromatic carbocycles. The van der Waals surface area contributed by atoms with Crippen molar-refractivity contribution in [1.82, 2.24) is 9.88 Å². The van der Waals surface area contributed by atoms with Crippen molar-refractivity contribution in [3.63, 3.8) is 0 Å². The van der Waals surface area contributed by atoms with Gasteiger partial charge >= 0.3 is 0 Å². The summed E-state index contributed by atoms with van der Waals surface area (Å²) < 4.78 is 45.7. The topological polar surface area (TPSA) is 102 Å². The molecule has 0 radical (unpaired) electrons. The van der Waals surface area contributed by atoms with Gasteiger partial charge in [0.05, 0.1) is 13.1 Å². The Balaban J connectivity index is 1.62. The monoisotopic (exact) mass is 447 g/mol. The van der Waals surface area contributed by atoms with E-state index in [0.717, 1.165) is 4.57 Å². The molecule has 0 aliphatic carbocycles. The minimum atomic E-state index is -3.63. The Morgan fingerprint density at radius 1 is 1.19 bits per heavy atom. The van der Waals surface area contributed by atoms with E-state index < -0.39 is 24.7 Å². The minimum Gasteiger partial charge on any atom is -0.477 e. The lowest BCUT2D eigenvalue weighted by Gasteiger charge is -2.22. The number of amidine groups is 1. The van der Waals surface area contributed by atoms with Gasteiger partial charge in [0.1, 0.15) is 24.7 Å². The first-order valence-corrected chi connectivity index (χ1v) is 9.77. The van der Waals surface area contributed by atoms with Gasteiger partial charge in [-0.05, 0) is 29.8 Å². The summed E-state index contributed by atoms with van der Waals surface area (Å²) in [6, 6.07) is 9.42. The molecule has 0 atom stereocenters. The van der Waals surface area contributed by atoms with Gasteiger partial charge in [0.2, 0.25) is 5.88 Å². The predicted molar refractivity (Wildman–Crippen MR) is 112 cm³/mol. The van der Waals surface area contributed by atoms with Gasteiger partial charge in [-0.3, -0.25) is 9.59 Å². The standard InChI is InChI=1S/C21H20F3N5O3/c22-10-21(23,24)11-28-7-1-2-15(19(28)30)13-3-5-14(6-4-13)29-8-9-32-18-16(20(29)31)17(25)26-12-27-18/h1-7,27H,8-12H2,(H2,25,26). The summed E-state index contributed by atoms with van der Waals surface area (Å²) in [5, 5.41) is 2.88. The first-order chi connectivity index (χ1) is 15.3. The normalized spacial score (nSPS) is 16.7. The van der Waals surface area contributed by atoms with Crippen LogP contribution in [0.2, 0.25) is 0 Å². The number of amides is 1. The molecule has 3 heterocycles. The number of carbonyl (C=O) groups excluding carboxylic acids is 1. The van der Waals surface area contributed by atoms with Crippen molar-refractivity contribution in [1.29, 1.82) is 0 Å². The lowest BCUT2D eigenvalue weighted by Crippen LogP contribution is -2.39. The van der Waals surface area contributed by atoms with E-state index in [0.29, 0.717) is 11.3 Å². The fourth-order valence-electron chi connectivity index (χ4n) is 3.53. The molecular weight excluding hydrogens is 427 g/mol. The van der Waals surface area contributed by atoms with Gasteiger partial charge in [-0.25, -0.2) is 18.2 Å². The van der Waals surface area contributed by atoms with Gasteiger partial charge in [0.15, 0.2) is 6.67 Å². The van der Waals surface area contributed by atoms with E-state index in [1.165, 1.54) is 23.2 Å². The molecule has 1 amide bonds. The lowest BCUT2D eigenvalue weighted by atomic mass is 10.1. The third-order valence-electron chi connectivity index (χ3n) is 5.10. The van der Waals surface area contributed by atoms with Crippen molar-refractivity contribution in [2.24, 2.45) is 10.7 Å². The number of nitrogens with two attached hydrogens (primary N) is 1. The Bertz CT molecular complexity index is 1160. The number of hydrogen-bond donors (Lipinski definition) is 2. The van der Waals surface area contributed by atoms with Crippen LogP contribution in [0.15, 0.2) is 63.8 Å². The lowest BCUT2D eigenvalue weighted by molar-refractivity contribution is -0.114. The summed E-state index contributed by atoms with van der Waals surface area (Å²) in [5.74, 6) is -3.64. The van der Waals surface area contributed by atoms with Crippen LogP contribution in [0.1, 0.15) is 0 Å². The third-order valence-corrected chi connectivity index (χ3v) is 5.10. The third kappa shape index (κ3) is 4.05. The van der Waals surface area contributed by atoms with E-state index in [2.05, 4.69) is 10.3 Å². The molecule has 0 fully saturated rings. The highest BCUT2D eigenvalue weighted by Gasteiger charge is 2.32. The minimum absolute atomic E-state index is 0.0854. The number of halogens is 3. The van der Waals surface area contributed by atoms with Crippen LogP contribution in [0.3, 0.4) is 0 Å². The maximum absolute atomic E-state index is 13.4. The van der Waals surface area contributed by atoms with Crippen LogP contribution >= 0.6 is 0 Å². The molecule has 2 aliphatic heterocycles. The van der Waals surface area contributed by atoms with Crippen LogP contribution in [0.25, 0.3) is 11.1 Å². The number of pyridine rings is 1. The average molecular weight is 447 g/mol. The van der Waals surface area contributed by atoms with Crippen molar-refractivity contribution in [3.8, 4) is 11.1 Å². The average Bonchev–Trinajstić information content (AvgIpc) is 2.95.